The molecule has 6 heteroatoms. The van der Waals surface area contributed by atoms with E-state index in [9.17, 15) is 0 Å². The SMILES string of the molecule is S=C(NCc1ccccc1)NC1CCC2(c3ccc4c(c3)OCO4)CCN(Cc3ccccc3)C2C1. The predicted molar refractivity (Wildman–Crippen MR) is 146 cm³/mol. The second kappa shape index (κ2) is 10.1. The molecule has 36 heavy (non-hydrogen) atoms. The van der Waals surface area contributed by atoms with E-state index in [4.69, 9.17) is 21.7 Å². The van der Waals surface area contributed by atoms with Gasteiger partial charge in [-0.05, 0) is 73.3 Å². The van der Waals surface area contributed by atoms with Crippen LogP contribution in [0.1, 0.15) is 42.4 Å². The van der Waals surface area contributed by atoms with Crippen molar-refractivity contribution < 1.29 is 9.47 Å². The van der Waals surface area contributed by atoms with E-state index in [0.29, 0.717) is 18.9 Å². The second-order valence-electron chi connectivity index (χ2n) is 10.2. The molecular formula is C30H33N3O2S. The van der Waals surface area contributed by atoms with Crippen LogP contribution in [0.5, 0.6) is 11.5 Å². The van der Waals surface area contributed by atoms with E-state index < -0.39 is 0 Å². The molecule has 2 fully saturated rings. The summed E-state index contributed by atoms with van der Waals surface area (Å²) in [6, 6.07) is 28.6. The van der Waals surface area contributed by atoms with Crippen LogP contribution in [0.2, 0.25) is 0 Å². The third-order valence-corrected chi connectivity index (χ3v) is 8.44. The lowest BCUT2D eigenvalue weighted by Crippen LogP contribution is -2.53. The van der Waals surface area contributed by atoms with Gasteiger partial charge in [0.15, 0.2) is 16.6 Å². The van der Waals surface area contributed by atoms with Crippen LogP contribution in [-0.2, 0) is 18.5 Å². The molecule has 2 N–H and O–H groups in total. The molecule has 3 aromatic carbocycles. The van der Waals surface area contributed by atoms with Crippen LogP contribution in [-0.4, -0.2) is 35.4 Å². The van der Waals surface area contributed by atoms with E-state index in [1.807, 2.05) is 6.07 Å². The quantitative estimate of drug-likeness (QED) is 0.458. The van der Waals surface area contributed by atoms with E-state index in [2.05, 4.69) is 88.3 Å². The number of hydrogen-bond donors (Lipinski definition) is 2. The lowest BCUT2D eigenvalue weighted by Gasteiger charge is -2.45. The Hall–Kier alpha value is -3.09. The van der Waals surface area contributed by atoms with E-state index in [1.54, 1.807) is 0 Å². The summed E-state index contributed by atoms with van der Waals surface area (Å²) >= 11 is 5.70. The zero-order valence-corrected chi connectivity index (χ0v) is 21.3. The van der Waals surface area contributed by atoms with Crippen molar-refractivity contribution in [3.8, 4) is 11.5 Å². The van der Waals surface area contributed by atoms with Gasteiger partial charge in [-0.25, -0.2) is 0 Å². The molecule has 1 saturated carbocycles. The Balaban J connectivity index is 1.20. The molecule has 0 bridgehead atoms. The summed E-state index contributed by atoms with van der Waals surface area (Å²) in [4.78, 5) is 2.69. The molecule has 3 atom stereocenters. The van der Waals surface area contributed by atoms with Gasteiger partial charge in [-0.15, -0.1) is 0 Å². The fraction of sp³-hybridized carbons (Fsp3) is 0.367. The van der Waals surface area contributed by atoms with Crippen LogP contribution < -0.4 is 20.1 Å². The van der Waals surface area contributed by atoms with Crippen molar-refractivity contribution in [1.29, 1.82) is 0 Å². The Bertz CT molecular complexity index is 1210. The van der Waals surface area contributed by atoms with E-state index >= 15 is 0 Å². The first kappa shape index (κ1) is 23.3. The van der Waals surface area contributed by atoms with Gasteiger partial charge in [0.05, 0.1) is 0 Å². The van der Waals surface area contributed by atoms with Crippen molar-refractivity contribution in [3.05, 3.63) is 95.6 Å². The lowest BCUT2D eigenvalue weighted by molar-refractivity contribution is 0.134. The Morgan fingerprint density at radius 1 is 0.917 bits per heavy atom. The van der Waals surface area contributed by atoms with Crippen LogP contribution in [0.3, 0.4) is 0 Å². The molecule has 2 aliphatic heterocycles. The minimum Gasteiger partial charge on any atom is -0.454 e. The van der Waals surface area contributed by atoms with E-state index in [0.717, 1.165) is 61.9 Å². The number of hydrogen-bond acceptors (Lipinski definition) is 4. The number of nitrogens with zero attached hydrogens (tertiary/aromatic N) is 1. The van der Waals surface area contributed by atoms with Crippen molar-refractivity contribution in [1.82, 2.24) is 15.5 Å². The third-order valence-electron chi connectivity index (χ3n) is 8.18. The van der Waals surface area contributed by atoms with Gasteiger partial charge in [0, 0.05) is 30.6 Å². The number of rotatable bonds is 6. The average Bonchev–Trinajstić information content (AvgIpc) is 3.54. The zero-order chi connectivity index (χ0) is 24.4. The smallest absolute Gasteiger partial charge is 0.231 e. The summed E-state index contributed by atoms with van der Waals surface area (Å²) in [6.45, 7) is 3.12. The maximum atomic E-state index is 5.76. The molecule has 0 radical (unpaired) electrons. The summed E-state index contributed by atoms with van der Waals surface area (Å²) < 4.78 is 11.4. The van der Waals surface area contributed by atoms with Gasteiger partial charge < -0.3 is 20.1 Å². The minimum absolute atomic E-state index is 0.118. The molecule has 2 heterocycles. The standard InChI is InChI=1S/C30H33N3O2S/c36-29(31-19-22-7-3-1-4-8-22)32-25-13-14-30(24-11-12-26-27(17-24)35-21-34-26)15-16-33(28(30)18-25)20-23-9-5-2-6-10-23/h1-12,17,25,28H,13-16,18-21H2,(H2,31,32,36). The number of fused-ring (bicyclic) bond motifs is 2. The Morgan fingerprint density at radius 2 is 1.67 bits per heavy atom. The maximum Gasteiger partial charge on any atom is 0.231 e. The monoisotopic (exact) mass is 499 g/mol. The highest BCUT2D eigenvalue weighted by atomic mass is 32.1. The van der Waals surface area contributed by atoms with Crippen LogP contribution >= 0.6 is 12.2 Å². The number of thiocarbonyl (C=S) groups is 1. The van der Waals surface area contributed by atoms with Crippen LogP contribution in [0, 0.1) is 0 Å². The average molecular weight is 500 g/mol. The van der Waals surface area contributed by atoms with Gasteiger partial charge in [-0.2, -0.15) is 0 Å². The lowest BCUT2D eigenvalue weighted by atomic mass is 9.65. The van der Waals surface area contributed by atoms with Crippen LogP contribution in [0.4, 0.5) is 0 Å². The summed E-state index contributed by atoms with van der Waals surface area (Å²) in [5.41, 5.74) is 4.11. The van der Waals surface area contributed by atoms with Gasteiger partial charge in [0.1, 0.15) is 0 Å². The highest BCUT2D eigenvalue weighted by Crippen LogP contribution is 2.51. The van der Waals surface area contributed by atoms with Gasteiger partial charge in [0.25, 0.3) is 0 Å². The van der Waals surface area contributed by atoms with E-state index in [-0.39, 0.29) is 5.41 Å². The van der Waals surface area contributed by atoms with Crippen molar-refractivity contribution in [2.24, 2.45) is 0 Å². The first-order chi connectivity index (χ1) is 17.7. The normalized spacial score (nSPS) is 24.8. The number of benzene rings is 3. The minimum atomic E-state index is 0.118. The second-order valence-corrected chi connectivity index (χ2v) is 10.6. The predicted octanol–water partition coefficient (Wildman–Crippen LogP) is 5.14. The molecule has 0 aromatic heterocycles. The topological polar surface area (TPSA) is 45.8 Å². The fourth-order valence-corrected chi connectivity index (χ4v) is 6.58. The first-order valence-corrected chi connectivity index (χ1v) is 13.4. The van der Waals surface area contributed by atoms with Crippen LogP contribution in [0.15, 0.2) is 78.9 Å². The molecule has 186 valence electrons. The Kier molecular flexibility index (Phi) is 6.55. The molecule has 1 aliphatic carbocycles. The summed E-state index contributed by atoms with van der Waals surface area (Å²) in [6.07, 6.45) is 4.45. The Morgan fingerprint density at radius 3 is 2.47 bits per heavy atom. The largest absolute Gasteiger partial charge is 0.454 e. The van der Waals surface area contributed by atoms with Gasteiger partial charge in [0.2, 0.25) is 6.79 Å². The fourth-order valence-electron chi connectivity index (χ4n) is 6.34. The molecular weight excluding hydrogens is 466 g/mol. The molecule has 0 spiro atoms. The molecule has 1 saturated heterocycles. The molecule has 6 rings (SSSR count). The van der Waals surface area contributed by atoms with E-state index in [1.165, 1.54) is 16.7 Å². The molecule has 3 aromatic rings. The van der Waals surface area contributed by atoms with Crippen molar-refractivity contribution in [3.63, 3.8) is 0 Å². The van der Waals surface area contributed by atoms with Gasteiger partial charge in [-0.3, -0.25) is 4.90 Å². The van der Waals surface area contributed by atoms with Crippen molar-refractivity contribution >= 4 is 17.3 Å². The summed E-state index contributed by atoms with van der Waals surface area (Å²) in [7, 11) is 0. The number of nitrogens with one attached hydrogen (secondary N) is 2. The zero-order valence-electron chi connectivity index (χ0n) is 20.5. The summed E-state index contributed by atoms with van der Waals surface area (Å²) in [5, 5.41) is 7.79. The molecule has 0 amide bonds. The molecule has 5 nitrogen and oxygen atoms in total. The van der Waals surface area contributed by atoms with Gasteiger partial charge >= 0.3 is 0 Å². The highest BCUT2D eigenvalue weighted by molar-refractivity contribution is 7.80. The molecule has 3 aliphatic rings. The van der Waals surface area contributed by atoms with Crippen molar-refractivity contribution in [2.45, 2.75) is 56.3 Å². The first-order valence-electron chi connectivity index (χ1n) is 13.0. The number of likely N-dealkylation sites (tertiary alicyclic amines) is 1. The maximum absolute atomic E-state index is 5.76. The third kappa shape index (κ3) is 4.67. The van der Waals surface area contributed by atoms with Crippen molar-refractivity contribution in [2.75, 3.05) is 13.3 Å². The number of ether oxygens (including phenoxy) is 2. The molecule has 3 unspecified atom stereocenters. The highest BCUT2D eigenvalue weighted by Gasteiger charge is 2.51. The van der Waals surface area contributed by atoms with Crippen LogP contribution in [0.25, 0.3) is 0 Å². The Labute approximate surface area is 218 Å². The van der Waals surface area contributed by atoms with Gasteiger partial charge in [-0.1, -0.05) is 66.7 Å². The summed E-state index contributed by atoms with van der Waals surface area (Å²) in [5.74, 6) is 1.74.